The quantitative estimate of drug-likeness (QED) is 0.840. The molecular weight excluding hydrogens is 254 g/mol. The number of hydrogen-bond donors (Lipinski definition) is 0. The van der Waals surface area contributed by atoms with Gasteiger partial charge in [0.2, 0.25) is 0 Å². The molecule has 0 N–H and O–H groups in total. The lowest BCUT2D eigenvalue weighted by atomic mass is 10.0. The normalized spacial score (nSPS) is 10.7. The van der Waals surface area contributed by atoms with Crippen LogP contribution < -0.4 is 0 Å². The number of nitrogens with zero attached hydrogens (tertiary/aromatic N) is 1. The summed E-state index contributed by atoms with van der Waals surface area (Å²) in [6, 6.07) is 1.99. The van der Waals surface area contributed by atoms with E-state index in [9.17, 15) is 4.79 Å². The van der Waals surface area contributed by atoms with Crippen LogP contribution in [0.4, 0.5) is 0 Å². The highest BCUT2D eigenvalue weighted by molar-refractivity contribution is 9.10. The first-order valence-corrected chi connectivity index (χ1v) is 5.91. The molecule has 0 amide bonds. The molecule has 0 fully saturated rings. The van der Waals surface area contributed by atoms with Crippen LogP contribution in [0.3, 0.4) is 0 Å². The second-order valence-corrected chi connectivity index (χ2v) is 5.15. The molecule has 0 spiro atoms. The Labute approximate surface area is 99.2 Å². The van der Waals surface area contributed by atoms with Crippen molar-refractivity contribution in [2.45, 2.75) is 33.6 Å². The highest BCUT2D eigenvalue weighted by Gasteiger charge is 2.09. The van der Waals surface area contributed by atoms with E-state index in [-0.39, 0.29) is 5.78 Å². The Hall–Kier alpha value is -0.700. The van der Waals surface area contributed by atoms with E-state index in [1.54, 1.807) is 6.20 Å². The van der Waals surface area contributed by atoms with E-state index in [1.807, 2.05) is 13.0 Å². The third-order valence-corrected chi connectivity index (χ3v) is 2.59. The van der Waals surface area contributed by atoms with Gasteiger partial charge in [0.15, 0.2) is 0 Å². The molecule has 1 heterocycles. The summed E-state index contributed by atoms with van der Waals surface area (Å²) in [6.45, 7) is 6.09. The van der Waals surface area contributed by atoms with E-state index in [0.29, 0.717) is 18.8 Å². The Morgan fingerprint density at radius 2 is 2.20 bits per heavy atom. The Balaban J connectivity index is 2.68. The van der Waals surface area contributed by atoms with Crippen molar-refractivity contribution in [2.75, 3.05) is 0 Å². The van der Waals surface area contributed by atoms with E-state index in [4.69, 9.17) is 0 Å². The van der Waals surface area contributed by atoms with Crippen LogP contribution >= 0.6 is 15.9 Å². The zero-order valence-electron chi connectivity index (χ0n) is 9.38. The fourth-order valence-electron chi connectivity index (χ4n) is 1.47. The van der Waals surface area contributed by atoms with Crippen molar-refractivity contribution in [1.29, 1.82) is 0 Å². The predicted octanol–water partition coefficient (Wildman–Crippen LogP) is 3.31. The fourth-order valence-corrected chi connectivity index (χ4v) is 1.91. The van der Waals surface area contributed by atoms with Crippen LogP contribution in [-0.2, 0) is 11.2 Å². The lowest BCUT2D eigenvalue weighted by Gasteiger charge is -2.06. The number of pyridine rings is 1. The minimum absolute atomic E-state index is 0.267. The standard InChI is InChI=1S/C12H16BrNO/c1-8(2)4-11(15)6-12-9(3)5-10(13)7-14-12/h5,7-8H,4,6H2,1-3H3. The van der Waals surface area contributed by atoms with Gasteiger partial charge in [-0.1, -0.05) is 13.8 Å². The van der Waals surface area contributed by atoms with E-state index in [0.717, 1.165) is 15.7 Å². The molecule has 3 heteroatoms. The third kappa shape index (κ3) is 4.12. The highest BCUT2D eigenvalue weighted by Crippen LogP contribution is 2.14. The maximum Gasteiger partial charge on any atom is 0.139 e. The molecule has 0 aliphatic carbocycles. The molecule has 0 saturated heterocycles. The molecule has 0 aliphatic heterocycles. The number of rotatable bonds is 4. The summed E-state index contributed by atoms with van der Waals surface area (Å²) in [5, 5.41) is 0. The number of halogens is 1. The zero-order valence-corrected chi connectivity index (χ0v) is 11.0. The minimum Gasteiger partial charge on any atom is -0.299 e. The monoisotopic (exact) mass is 269 g/mol. The molecule has 0 aliphatic rings. The first kappa shape index (κ1) is 12.4. The molecule has 0 saturated carbocycles. The highest BCUT2D eigenvalue weighted by atomic mass is 79.9. The number of aromatic nitrogens is 1. The number of aryl methyl sites for hydroxylation is 1. The van der Waals surface area contributed by atoms with Crippen molar-refractivity contribution in [1.82, 2.24) is 4.98 Å². The number of carbonyl (C=O) groups is 1. The van der Waals surface area contributed by atoms with Crippen LogP contribution in [0.15, 0.2) is 16.7 Å². The number of Topliss-reactive ketones (excluding diaryl/α,β-unsaturated/α-hetero) is 1. The summed E-state index contributed by atoms with van der Waals surface area (Å²) < 4.78 is 0.958. The molecule has 0 radical (unpaired) electrons. The van der Waals surface area contributed by atoms with Crippen LogP contribution in [0.25, 0.3) is 0 Å². The maximum absolute atomic E-state index is 11.6. The minimum atomic E-state index is 0.267. The van der Waals surface area contributed by atoms with Crippen LogP contribution in [0.5, 0.6) is 0 Å². The Morgan fingerprint density at radius 1 is 1.53 bits per heavy atom. The molecule has 0 aromatic carbocycles. The third-order valence-electron chi connectivity index (χ3n) is 2.15. The molecule has 1 aromatic rings. The first-order valence-electron chi connectivity index (χ1n) is 5.11. The summed E-state index contributed by atoms with van der Waals surface area (Å²) in [6.07, 6.45) is 2.83. The zero-order chi connectivity index (χ0) is 11.4. The van der Waals surface area contributed by atoms with Gasteiger partial charge in [-0.15, -0.1) is 0 Å². The summed E-state index contributed by atoms with van der Waals surface area (Å²) in [4.78, 5) is 15.9. The molecule has 0 bridgehead atoms. The van der Waals surface area contributed by atoms with E-state index in [1.165, 1.54) is 0 Å². The topological polar surface area (TPSA) is 30.0 Å². The molecule has 15 heavy (non-hydrogen) atoms. The van der Waals surface area contributed by atoms with Gasteiger partial charge in [-0.3, -0.25) is 9.78 Å². The van der Waals surface area contributed by atoms with Crippen molar-refractivity contribution in [3.8, 4) is 0 Å². The van der Waals surface area contributed by atoms with E-state index < -0.39 is 0 Å². The van der Waals surface area contributed by atoms with Crippen molar-refractivity contribution in [3.63, 3.8) is 0 Å². The average molecular weight is 270 g/mol. The maximum atomic E-state index is 11.6. The molecular formula is C12H16BrNO. The second kappa shape index (κ2) is 5.40. The lowest BCUT2D eigenvalue weighted by Crippen LogP contribution is -2.08. The van der Waals surface area contributed by atoms with Gasteiger partial charge in [0.1, 0.15) is 5.78 Å². The Bertz CT molecular complexity index is 361. The van der Waals surface area contributed by atoms with E-state index >= 15 is 0 Å². The molecule has 0 atom stereocenters. The second-order valence-electron chi connectivity index (χ2n) is 4.23. The van der Waals surface area contributed by atoms with Gasteiger partial charge >= 0.3 is 0 Å². The average Bonchev–Trinajstić information content (AvgIpc) is 2.08. The smallest absolute Gasteiger partial charge is 0.139 e. The number of carbonyl (C=O) groups excluding carboxylic acids is 1. The van der Waals surface area contributed by atoms with Crippen LogP contribution in [-0.4, -0.2) is 10.8 Å². The largest absolute Gasteiger partial charge is 0.299 e. The van der Waals surface area contributed by atoms with Gasteiger partial charge in [0.25, 0.3) is 0 Å². The van der Waals surface area contributed by atoms with Crippen molar-refractivity contribution in [3.05, 3.63) is 28.0 Å². The Morgan fingerprint density at radius 3 is 2.73 bits per heavy atom. The van der Waals surface area contributed by atoms with Gasteiger partial charge < -0.3 is 0 Å². The van der Waals surface area contributed by atoms with Gasteiger partial charge in [-0.2, -0.15) is 0 Å². The Kier molecular flexibility index (Phi) is 4.45. The van der Waals surface area contributed by atoms with Crippen molar-refractivity contribution in [2.24, 2.45) is 5.92 Å². The fraction of sp³-hybridized carbons (Fsp3) is 0.500. The summed E-state index contributed by atoms with van der Waals surface area (Å²) in [5.41, 5.74) is 1.96. The first-order chi connectivity index (χ1) is 6.99. The summed E-state index contributed by atoms with van der Waals surface area (Å²) in [5.74, 6) is 0.691. The van der Waals surface area contributed by atoms with Crippen molar-refractivity contribution >= 4 is 21.7 Å². The van der Waals surface area contributed by atoms with Gasteiger partial charge in [0.05, 0.1) is 5.69 Å². The molecule has 1 aromatic heterocycles. The van der Waals surface area contributed by atoms with Crippen LogP contribution in [0, 0.1) is 12.8 Å². The lowest BCUT2D eigenvalue weighted by molar-refractivity contribution is -0.119. The molecule has 0 unspecified atom stereocenters. The molecule has 2 nitrogen and oxygen atoms in total. The van der Waals surface area contributed by atoms with Crippen LogP contribution in [0.2, 0.25) is 0 Å². The summed E-state index contributed by atoms with van der Waals surface area (Å²) >= 11 is 3.36. The predicted molar refractivity (Wildman–Crippen MR) is 64.8 cm³/mol. The number of ketones is 1. The van der Waals surface area contributed by atoms with Gasteiger partial charge in [-0.25, -0.2) is 0 Å². The van der Waals surface area contributed by atoms with Gasteiger partial charge in [-0.05, 0) is 40.4 Å². The SMILES string of the molecule is Cc1cc(Br)cnc1CC(=O)CC(C)C. The van der Waals surface area contributed by atoms with E-state index in [2.05, 4.69) is 34.8 Å². The molecule has 82 valence electrons. The van der Waals surface area contributed by atoms with Crippen molar-refractivity contribution < 1.29 is 4.79 Å². The summed E-state index contributed by atoms with van der Waals surface area (Å²) in [7, 11) is 0. The molecule has 1 rings (SSSR count). The van der Waals surface area contributed by atoms with Crippen LogP contribution in [0.1, 0.15) is 31.5 Å². The number of hydrogen-bond acceptors (Lipinski definition) is 2. The van der Waals surface area contributed by atoms with Gasteiger partial charge in [0, 0.05) is 23.5 Å².